The summed E-state index contributed by atoms with van der Waals surface area (Å²) in [4.78, 5) is 43.5. The van der Waals surface area contributed by atoms with Crippen molar-refractivity contribution in [1.29, 1.82) is 0 Å². The normalized spacial score (nSPS) is 30.3. The number of hydrogen-bond donors (Lipinski definition) is 3. The van der Waals surface area contributed by atoms with Gasteiger partial charge in [-0.3, -0.25) is 14.4 Å². The molecule has 202 valence electrons. The van der Waals surface area contributed by atoms with E-state index in [9.17, 15) is 19.5 Å². The van der Waals surface area contributed by atoms with Crippen molar-refractivity contribution >= 4 is 46.8 Å². The number of carbonyl (C=O) groups excluding carboxylic acids is 3. The Morgan fingerprint density at radius 2 is 1.89 bits per heavy atom. The van der Waals surface area contributed by atoms with Gasteiger partial charge < -0.3 is 20.6 Å². The first-order valence-corrected chi connectivity index (χ1v) is 14.4. The maximum absolute atomic E-state index is 14.2. The first-order chi connectivity index (χ1) is 18.2. The third-order valence-electron chi connectivity index (χ3n) is 8.60. The second-order valence-corrected chi connectivity index (χ2v) is 13.1. The molecule has 5 rings (SSSR count). The number of thioether (sulfide) groups is 1. The zero-order chi connectivity index (χ0) is 27.2. The van der Waals surface area contributed by atoms with Crippen LogP contribution in [0.5, 0.6) is 0 Å². The van der Waals surface area contributed by atoms with Crippen LogP contribution in [0.2, 0.25) is 5.02 Å². The maximum atomic E-state index is 14.2. The van der Waals surface area contributed by atoms with Crippen molar-refractivity contribution in [3.05, 3.63) is 64.7 Å². The van der Waals surface area contributed by atoms with E-state index in [0.717, 1.165) is 17.5 Å². The van der Waals surface area contributed by atoms with E-state index < -0.39 is 33.4 Å². The van der Waals surface area contributed by atoms with Crippen molar-refractivity contribution in [2.45, 2.75) is 68.2 Å². The number of halogens is 1. The molecular formula is C29H34ClN3O4S. The quantitative estimate of drug-likeness (QED) is 0.454. The average Bonchev–Trinajstić information content (AvgIpc) is 3.47. The van der Waals surface area contributed by atoms with Crippen LogP contribution in [0, 0.1) is 18.8 Å². The molecule has 0 aliphatic carbocycles. The predicted octanol–water partition coefficient (Wildman–Crippen LogP) is 4.16. The second-order valence-electron chi connectivity index (χ2n) is 10.8. The summed E-state index contributed by atoms with van der Waals surface area (Å²) < 4.78 is -1.23. The molecule has 3 heterocycles. The SMILES string of the molecule is CC[C@@H](CO)N1C(=O)[C@@H]2[C@@H](C(=O)NCc3ccccc3)[C@@]3(C)CCC2(S3)C1C(=O)Nc1c(C)cccc1Cl. The van der Waals surface area contributed by atoms with Crippen LogP contribution >= 0.6 is 23.4 Å². The Morgan fingerprint density at radius 3 is 2.55 bits per heavy atom. The third-order valence-corrected chi connectivity index (χ3v) is 10.9. The van der Waals surface area contributed by atoms with Crippen molar-refractivity contribution < 1.29 is 19.5 Å². The molecule has 3 N–H and O–H groups in total. The molecule has 3 aliphatic rings. The molecule has 2 aromatic rings. The summed E-state index contributed by atoms with van der Waals surface area (Å²) in [6.07, 6.45) is 1.86. The van der Waals surface area contributed by atoms with Crippen LogP contribution in [-0.2, 0) is 20.9 Å². The topological polar surface area (TPSA) is 98.7 Å². The van der Waals surface area contributed by atoms with E-state index in [4.69, 9.17) is 11.6 Å². The Bertz CT molecular complexity index is 1240. The summed E-state index contributed by atoms with van der Waals surface area (Å²) in [7, 11) is 0. The molecule has 3 amide bonds. The first-order valence-electron chi connectivity index (χ1n) is 13.2. The third kappa shape index (κ3) is 4.21. The Kier molecular flexibility index (Phi) is 7.26. The van der Waals surface area contributed by atoms with Gasteiger partial charge in [0.25, 0.3) is 0 Å². The molecule has 38 heavy (non-hydrogen) atoms. The summed E-state index contributed by atoms with van der Waals surface area (Å²) in [5.41, 5.74) is 2.32. The molecule has 0 radical (unpaired) electrons. The number of para-hydroxylation sites is 1. The van der Waals surface area contributed by atoms with Crippen molar-refractivity contribution in [2.75, 3.05) is 11.9 Å². The molecule has 6 atom stereocenters. The number of benzene rings is 2. The van der Waals surface area contributed by atoms with Gasteiger partial charge in [0.05, 0.1) is 39.9 Å². The van der Waals surface area contributed by atoms with Gasteiger partial charge >= 0.3 is 0 Å². The molecule has 3 fully saturated rings. The fourth-order valence-corrected chi connectivity index (χ4v) is 9.36. The highest BCUT2D eigenvalue weighted by Crippen LogP contribution is 2.71. The van der Waals surface area contributed by atoms with E-state index in [1.54, 1.807) is 22.7 Å². The Balaban J connectivity index is 1.51. The van der Waals surface area contributed by atoms with Gasteiger partial charge in [0.1, 0.15) is 6.04 Å². The minimum Gasteiger partial charge on any atom is -0.394 e. The fourth-order valence-electron chi connectivity index (χ4n) is 6.75. The van der Waals surface area contributed by atoms with Crippen molar-refractivity contribution in [3.63, 3.8) is 0 Å². The standard InChI is InChI=1S/C29H34ClN3O4S/c1-4-19(16-34)33-24(26(36)32-23-17(2)9-8-12-20(23)30)29-14-13-28(3,38-29)21(22(29)27(33)37)25(35)31-15-18-10-6-5-7-11-18/h5-12,19,21-22,24,34H,4,13-16H2,1-3H3,(H,31,35)(H,32,36)/t19-,21-,22-,24?,28+,29?/m0/s1. The number of aliphatic hydroxyl groups is 1. The van der Waals surface area contributed by atoms with Gasteiger partial charge in [-0.1, -0.05) is 61.0 Å². The predicted molar refractivity (Wildman–Crippen MR) is 150 cm³/mol. The average molecular weight is 556 g/mol. The van der Waals surface area contributed by atoms with Crippen molar-refractivity contribution in [3.8, 4) is 0 Å². The molecule has 3 aliphatic heterocycles. The number of hydrogen-bond acceptors (Lipinski definition) is 5. The number of carbonyl (C=O) groups is 3. The van der Waals surface area contributed by atoms with Crippen molar-refractivity contribution in [1.82, 2.24) is 10.2 Å². The van der Waals surface area contributed by atoms with Crippen LogP contribution in [0.15, 0.2) is 48.5 Å². The number of likely N-dealkylation sites (tertiary alicyclic amines) is 1. The van der Waals surface area contributed by atoms with E-state index >= 15 is 0 Å². The van der Waals surface area contributed by atoms with Gasteiger partial charge in [-0.15, -0.1) is 11.8 Å². The lowest BCUT2D eigenvalue weighted by molar-refractivity contribution is -0.142. The largest absolute Gasteiger partial charge is 0.394 e. The number of aryl methyl sites for hydroxylation is 1. The van der Waals surface area contributed by atoms with Gasteiger partial charge in [-0.2, -0.15) is 0 Å². The highest BCUT2D eigenvalue weighted by Gasteiger charge is 2.77. The van der Waals surface area contributed by atoms with Crippen LogP contribution < -0.4 is 10.6 Å². The molecule has 7 nitrogen and oxygen atoms in total. The molecule has 2 unspecified atom stereocenters. The zero-order valence-electron chi connectivity index (χ0n) is 21.9. The monoisotopic (exact) mass is 555 g/mol. The van der Waals surface area contributed by atoms with Gasteiger partial charge in [0, 0.05) is 11.3 Å². The Morgan fingerprint density at radius 1 is 1.16 bits per heavy atom. The fraction of sp³-hybridized carbons (Fsp3) is 0.483. The number of fused-ring (bicyclic) bond motifs is 1. The van der Waals surface area contributed by atoms with E-state index in [-0.39, 0.29) is 24.3 Å². The zero-order valence-corrected chi connectivity index (χ0v) is 23.4. The number of nitrogens with one attached hydrogen (secondary N) is 2. The molecule has 0 aromatic heterocycles. The molecule has 0 saturated carbocycles. The van der Waals surface area contributed by atoms with Crippen LogP contribution in [0.25, 0.3) is 0 Å². The summed E-state index contributed by atoms with van der Waals surface area (Å²) in [6, 6.07) is 13.7. The molecule has 3 saturated heterocycles. The summed E-state index contributed by atoms with van der Waals surface area (Å²) >= 11 is 8.04. The molecule has 1 spiro atoms. The van der Waals surface area contributed by atoms with E-state index in [2.05, 4.69) is 10.6 Å². The van der Waals surface area contributed by atoms with E-state index in [0.29, 0.717) is 30.1 Å². The number of nitrogens with zero attached hydrogens (tertiary/aromatic N) is 1. The lowest BCUT2D eigenvalue weighted by Crippen LogP contribution is -2.54. The van der Waals surface area contributed by atoms with E-state index in [1.165, 1.54) is 0 Å². The van der Waals surface area contributed by atoms with Gasteiger partial charge in [-0.05, 0) is 50.3 Å². The van der Waals surface area contributed by atoms with Gasteiger partial charge in [0.15, 0.2) is 0 Å². The number of aliphatic hydroxyl groups excluding tert-OH is 1. The first kappa shape index (κ1) is 27.0. The maximum Gasteiger partial charge on any atom is 0.248 e. The molecule has 2 bridgehead atoms. The number of anilines is 1. The van der Waals surface area contributed by atoms with Gasteiger partial charge in [0.2, 0.25) is 17.7 Å². The van der Waals surface area contributed by atoms with Crippen LogP contribution in [0.3, 0.4) is 0 Å². The lowest BCUT2D eigenvalue weighted by atomic mass is 9.66. The van der Waals surface area contributed by atoms with Crippen molar-refractivity contribution in [2.24, 2.45) is 11.8 Å². The van der Waals surface area contributed by atoms with E-state index in [1.807, 2.05) is 63.2 Å². The molecular weight excluding hydrogens is 522 g/mol. The van der Waals surface area contributed by atoms with Crippen LogP contribution in [0.1, 0.15) is 44.2 Å². The smallest absolute Gasteiger partial charge is 0.248 e. The minimum atomic E-state index is -0.827. The summed E-state index contributed by atoms with van der Waals surface area (Å²) in [5.74, 6) is -1.94. The molecule has 9 heteroatoms. The number of rotatable bonds is 8. The Labute approximate surface area is 232 Å². The van der Waals surface area contributed by atoms with Crippen LogP contribution in [-0.4, -0.2) is 55.9 Å². The highest BCUT2D eigenvalue weighted by molar-refractivity contribution is 8.02. The summed E-state index contributed by atoms with van der Waals surface area (Å²) in [6.45, 7) is 5.92. The second kappa shape index (κ2) is 10.2. The Hall–Kier alpha value is -2.55. The summed E-state index contributed by atoms with van der Waals surface area (Å²) in [5, 5.41) is 16.7. The molecule has 2 aromatic carbocycles. The van der Waals surface area contributed by atoms with Gasteiger partial charge in [-0.25, -0.2) is 0 Å². The lowest BCUT2D eigenvalue weighted by Gasteiger charge is -2.36. The van der Waals surface area contributed by atoms with Crippen LogP contribution in [0.4, 0.5) is 5.69 Å². The minimum absolute atomic E-state index is 0.163. The number of amides is 3. The highest BCUT2D eigenvalue weighted by atomic mass is 35.5.